The lowest BCUT2D eigenvalue weighted by Gasteiger charge is -2.20. The van der Waals surface area contributed by atoms with Crippen LogP contribution >= 0.6 is 0 Å². The zero-order valence-corrected chi connectivity index (χ0v) is 41.4. The molecule has 0 aliphatic rings. The first-order valence-electron chi connectivity index (χ1n) is 27.3. The summed E-state index contributed by atoms with van der Waals surface area (Å²) in [5.74, 6) is -0.0790. The minimum absolute atomic E-state index is 0.00386. The van der Waals surface area contributed by atoms with E-state index >= 15 is 0 Å². The maximum absolute atomic E-state index is 12.4. The number of hydrogen-bond acceptors (Lipinski definition) is 5. The van der Waals surface area contributed by atoms with Crippen LogP contribution in [0.4, 0.5) is 0 Å². The molecule has 0 aromatic heterocycles. The number of nitrogens with one attached hydrogen (secondary N) is 1. The lowest BCUT2D eigenvalue weighted by atomic mass is 10.0. The van der Waals surface area contributed by atoms with Gasteiger partial charge >= 0.3 is 5.97 Å². The van der Waals surface area contributed by atoms with Crippen molar-refractivity contribution < 1.29 is 24.5 Å². The Morgan fingerprint density at radius 1 is 0.452 bits per heavy atom. The lowest BCUT2D eigenvalue weighted by Crippen LogP contribution is -2.45. The van der Waals surface area contributed by atoms with Crippen molar-refractivity contribution in [3.63, 3.8) is 0 Å². The summed E-state index contributed by atoms with van der Waals surface area (Å²) in [7, 11) is 0. The Hall–Kier alpha value is -1.92. The first-order chi connectivity index (χ1) is 30.5. The summed E-state index contributed by atoms with van der Waals surface area (Å²) < 4.78 is 5.48. The van der Waals surface area contributed by atoms with E-state index in [1.807, 2.05) is 6.08 Å². The number of carbonyl (C=O) groups excluding carboxylic acids is 2. The highest BCUT2D eigenvalue weighted by Crippen LogP contribution is 2.16. The van der Waals surface area contributed by atoms with Gasteiger partial charge in [0.25, 0.3) is 0 Å². The van der Waals surface area contributed by atoms with Crippen LogP contribution in [-0.2, 0) is 14.3 Å². The van der Waals surface area contributed by atoms with Crippen LogP contribution in [0.3, 0.4) is 0 Å². The fraction of sp³-hybridized carbons (Fsp3) is 0.857. The fourth-order valence-corrected chi connectivity index (χ4v) is 8.19. The zero-order chi connectivity index (χ0) is 45.1. The normalized spacial score (nSPS) is 12.9. The molecule has 0 saturated carbocycles. The Balaban J connectivity index is 3.42. The Morgan fingerprint density at radius 2 is 0.806 bits per heavy atom. The van der Waals surface area contributed by atoms with Crippen LogP contribution in [0.1, 0.15) is 284 Å². The molecular formula is C56H105NO5. The average Bonchev–Trinajstić information content (AvgIpc) is 3.27. The lowest BCUT2D eigenvalue weighted by molar-refractivity contribution is -0.143. The molecule has 0 bridgehead atoms. The minimum Gasteiger partial charge on any atom is -0.466 e. The summed E-state index contributed by atoms with van der Waals surface area (Å²) >= 11 is 0. The number of hydrogen-bond donors (Lipinski definition) is 3. The number of ether oxygens (including phenoxy) is 1. The second kappa shape index (κ2) is 51.7. The third kappa shape index (κ3) is 47.6. The largest absolute Gasteiger partial charge is 0.466 e. The third-order valence-electron chi connectivity index (χ3n) is 12.4. The van der Waals surface area contributed by atoms with E-state index in [4.69, 9.17) is 4.74 Å². The summed E-state index contributed by atoms with van der Waals surface area (Å²) in [5, 5.41) is 23.0. The van der Waals surface area contributed by atoms with Crippen LogP contribution < -0.4 is 5.32 Å². The van der Waals surface area contributed by atoms with Gasteiger partial charge in [0, 0.05) is 12.8 Å². The van der Waals surface area contributed by atoms with Crippen LogP contribution in [0.2, 0.25) is 0 Å². The fourth-order valence-electron chi connectivity index (χ4n) is 8.19. The molecule has 3 N–H and O–H groups in total. The van der Waals surface area contributed by atoms with Gasteiger partial charge in [-0.2, -0.15) is 0 Å². The zero-order valence-electron chi connectivity index (χ0n) is 41.4. The molecule has 0 heterocycles. The van der Waals surface area contributed by atoms with Gasteiger partial charge in [0.05, 0.1) is 25.4 Å². The molecule has 0 fully saturated rings. The highest BCUT2D eigenvalue weighted by molar-refractivity contribution is 5.76. The molecule has 0 rings (SSSR count). The highest BCUT2D eigenvalue weighted by Gasteiger charge is 2.18. The molecule has 0 saturated heterocycles. The van der Waals surface area contributed by atoms with E-state index in [1.54, 1.807) is 6.08 Å². The molecule has 0 aliphatic heterocycles. The maximum atomic E-state index is 12.4. The Kier molecular flexibility index (Phi) is 50.1. The van der Waals surface area contributed by atoms with Crippen LogP contribution in [0.15, 0.2) is 36.5 Å². The van der Waals surface area contributed by atoms with Crippen molar-refractivity contribution in [3.05, 3.63) is 36.5 Å². The summed E-state index contributed by atoms with van der Waals surface area (Å²) in [4.78, 5) is 24.5. The van der Waals surface area contributed by atoms with Crippen molar-refractivity contribution in [2.24, 2.45) is 0 Å². The predicted octanol–water partition coefficient (Wildman–Crippen LogP) is 16.5. The summed E-state index contributed by atoms with van der Waals surface area (Å²) in [6, 6.07) is -0.631. The van der Waals surface area contributed by atoms with E-state index in [2.05, 4.69) is 43.5 Å². The van der Waals surface area contributed by atoms with Gasteiger partial charge in [-0.3, -0.25) is 9.59 Å². The smallest absolute Gasteiger partial charge is 0.305 e. The average molecular weight is 872 g/mol. The summed E-state index contributed by atoms with van der Waals surface area (Å²) in [6.07, 6.45) is 62.9. The number of rotatable bonds is 50. The molecule has 0 spiro atoms. The predicted molar refractivity (Wildman–Crippen MR) is 269 cm³/mol. The molecule has 1 amide bonds. The molecule has 2 atom stereocenters. The van der Waals surface area contributed by atoms with Crippen LogP contribution in [0.5, 0.6) is 0 Å². The minimum atomic E-state index is -0.847. The van der Waals surface area contributed by atoms with Crippen LogP contribution in [-0.4, -0.2) is 47.4 Å². The van der Waals surface area contributed by atoms with Crippen molar-refractivity contribution in [1.82, 2.24) is 5.32 Å². The van der Waals surface area contributed by atoms with Crippen LogP contribution in [0.25, 0.3) is 0 Å². The van der Waals surface area contributed by atoms with E-state index in [-0.39, 0.29) is 18.5 Å². The van der Waals surface area contributed by atoms with E-state index in [0.717, 1.165) is 51.4 Å². The number of esters is 1. The molecule has 364 valence electrons. The van der Waals surface area contributed by atoms with Gasteiger partial charge in [0.1, 0.15) is 0 Å². The topological polar surface area (TPSA) is 95.9 Å². The van der Waals surface area contributed by atoms with Crippen molar-refractivity contribution in [3.8, 4) is 0 Å². The van der Waals surface area contributed by atoms with Gasteiger partial charge in [-0.1, -0.05) is 243 Å². The van der Waals surface area contributed by atoms with E-state index < -0.39 is 12.1 Å². The van der Waals surface area contributed by atoms with Gasteiger partial charge in [0.2, 0.25) is 5.91 Å². The molecule has 6 heteroatoms. The SMILES string of the molecule is CCCCC/C=C\C/C=C\CCCCCCCCCC(=O)OCCCCCCCCCCCCCCCCCCCC(=O)NC(CO)C(O)/C=C/CCCCCCCCCCC. The number of unbranched alkanes of at least 4 members (excludes halogenated alkanes) is 35. The number of aliphatic hydroxyl groups is 2. The Morgan fingerprint density at radius 3 is 1.26 bits per heavy atom. The molecule has 6 nitrogen and oxygen atoms in total. The number of aliphatic hydroxyl groups excluding tert-OH is 2. The quantitative estimate of drug-likeness (QED) is 0.0321. The van der Waals surface area contributed by atoms with Crippen molar-refractivity contribution in [2.75, 3.05) is 13.2 Å². The standard InChI is InChI=1S/C56H105NO5/c1-3-5-7-9-11-13-15-16-17-19-23-26-30-34-38-42-46-50-56(61)62-51-47-43-39-35-31-27-24-21-18-20-22-25-29-33-37-41-45-49-55(60)57-53(52-58)54(59)48-44-40-36-32-28-14-12-10-8-6-4-2/h11,13,16-17,44,48,53-54,58-59H,3-10,12,14-15,18-43,45-47,49-52H2,1-2H3,(H,57,60)/b13-11-,17-16-,48-44+. The van der Waals surface area contributed by atoms with E-state index in [9.17, 15) is 19.8 Å². The van der Waals surface area contributed by atoms with Gasteiger partial charge < -0.3 is 20.3 Å². The molecule has 0 aliphatic carbocycles. The summed E-state index contributed by atoms with van der Waals surface area (Å²) in [6.45, 7) is 4.85. The van der Waals surface area contributed by atoms with Gasteiger partial charge in [-0.15, -0.1) is 0 Å². The molecule has 2 unspecified atom stereocenters. The second-order valence-electron chi connectivity index (χ2n) is 18.6. The second-order valence-corrected chi connectivity index (χ2v) is 18.6. The first kappa shape index (κ1) is 60.1. The van der Waals surface area contributed by atoms with Gasteiger partial charge in [-0.05, 0) is 64.2 Å². The maximum Gasteiger partial charge on any atom is 0.305 e. The summed E-state index contributed by atoms with van der Waals surface area (Å²) in [5.41, 5.74) is 0. The van der Waals surface area contributed by atoms with E-state index in [0.29, 0.717) is 19.4 Å². The number of carbonyl (C=O) groups is 2. The molecule has 62 heavy (non-hydrogen) atoms. The van der Waals surface area contributed by atoms with Crippen molar-refractivity contribution in [2.45, 2.75) is 296 Å². The molecular weight excluding hydrogens is 767 g/mol. The third-order valence-corrected chi connectivity index (χ3v) is 12.4. The Bertz CT molecular complexity index is 1010. The van der Waals surface area contributed by atoms with Crippen molar-refractivity contribution >= 4 is 11.9 Å². The number of allylic oxidation sites excluding steroid dienone is 5. The monoisotopic (exact) mass is 872 g/mol. The van der Waals surface area contributed by atoms with Crippen LogP contribution in [0, 0.1) is 0 Å². The molecule has 0 aromatic rings. The first-order valence-corrected chi connectivity index (χ1v) is 27.3. The van der Waals surface area contributed by atoms with Crippen molar-refractivity contribution in [1.29, 1.82) is 0 Å². The molecule has 0 aromatic carbocycles. The Labute approximate surface area is 385 Å². The van der Waals surface area contributed by atoms with Gasteiger partial charge in [-0.25, -0.2) is 0 Å². The number of amides is 1. The molecule has 0 radical (unpaired) electrons. The highest BCUT2D eigenvalue weighted by atomic mass is 16.5. The van der Waals surface area contributed by atoms with Gasteiger partial charge in [0.15, 0.2) is 0 Å². The van der Waals surface area contributed by atoms with E-state index in [1.165, 1.54) is 205 Å².